The van der Waals surface area contributed by atoms with Crippen molar-refractivity contribution in [2.24, 2.45) is 0 Å². The van der Waals surface area contributed by atoms with Gasteiger partial charge in [0.05, 0.1) is 5.97 Å². The fraction of sp³-hybridized carbons (Fsp3) is 0.816. The smallest absolute Gasteiger partial charge is 0.550 e. The third-order valence-corrected chi connectivity index (χ3v) is 10.5. The minimum Gasteiger partial charge on any atom is -0.550 e. The Hall–Kier alpha value is -1.84. The van der Waals surface area contributed by atoms with Gasteiger partial charge in [0.2, 0.25) is 0 Å². The Labute approximate surface area is 357 Å². The molecular weight excluding hydrogens is 712 g/mol. The van der Waals surface area contributed by atoms with Crippen molar-refractivity contribution in [1.29, 1.82) is 0 Å². The molecule has 0 N–H and O–H groups in total. The van der Waals surface area contributed by atoms with Crippen molar-refractivity contribution in [2.75, 3.05) is 0 Å². The van der Waals surface area contributed by atoms with Gasteiger partial charge in [-0.1, -0.05) is 262 Å². The SMILES string of the molecule is CCCCCCCCCCCCCCCCCCCC(=O)[O-].CCCCCCCCCCCCCCCCCCCCCC(=O)[O-].O=C([O-])c1ccccc1.[Al+3]. The zero-order valence-corrected chi connectivity index (χ0v) is 37.9. The van der Waals surface area contributed by atoms with Crippen LogP contribution in [0.4, 0.5) is 0 Å². The van der Waals surface area contributed by atoms with E-state index in [1.165, 1.54) is 218 Å². The molecule has 0 aliphatic carbocycles. The summed E-state index contributed by atoms with van der Waals surface area (Å²) in [6.45, 7) is 4.56. The molecule has 0 amide bonds. The average Bonchev–Trinajstić information content (AvgIpc) is 3.17. The Morgan fingerprint density at radius 2 is 0.536 bits per heavy atom. The van der Waals surface area contributed by atoms with E-state index >= 15 is 0 Å². The summed E-state index contributed by atoms with van der Waals surface area (Å²) in [5.74, 6) is -2.93. The monoisotopic (exact) mass is 799 g/mol. The van der Waals surface area contributed by atoms with Gasteiger partial charge < -0.3 is 29.7 Å². The van der Waals surface area contributed by atoms with Gasteiger partial charge in [0.25, 0.3) is 0 Å². The van der Waals surface area contributed by atoms with Crippen LogP contribution < -0.4 is 15.3 Å². The van der Waals surface area contributed by atoms with E-state index in [4.69, 9.17) is 0 Å². The van der Waals surface area contributed by atoms with Gasteiger partial charge >= 0.3 is 17.4 Å². The second kappa shape index (κ2) is 51.2. The fourth-order valence-corrected chi connectivity index (χ4v) is 6.92. The third kappa shape index (κ3) is 54.3. The Kier molecular flexibility index (Phi) is 53.4. The number of carbonyl (C=O) groups is 3. The molecule has 0 fully saturated rings. The molecule has 322 valence electrons. The molecule has 1 rings (SSSR count). The Morgan fingerprint density at radius 1 is 0.339 bits per heavy atom. The van der Waals surface area contributed by atoms with E-state index in [1.54, 1.807) is 18.2 Å². The third-order valence-electron chi connectivity index (χ3n) is 10.5. The zero-order chi connectivity index (χ0) is 40.7. The van der Waals surface area contributed by atoms with Crippen LogP contribution in [-0.2, 0) is 9.59 Å². The molecule has 6 nitrogen and oxygen atoms in total. The van der Waals surface area contributed by atoms with E-state index in [1.807, 2.05) is 0 Å². The van der Waals surface area contributed by atoms with Crippen LogP contribution in [0, 0.1) is 0 Å². The maximum Gasteiger partial charge on any atom is 3.00 e. The summed E-state index contributed by atoms with van der Waals surface area (Å²) in [6.07, 6.45) is 48.5. The molecule has 0 aromatic heterocycles. The first-order valence-corrected chi connectivity index (χ1v) is 23.5. The summed E-state index contributed by atoms with van der Waals surface area (Å²) >= 11 is 0. The number of hydrogen-bond donors (Lipinski definition) is 0. The van der Waals surface area contributed by atoms with Crippen molar-refractivity contribution >= 4 is 35.3 Å². The number of carboxylic acid groups (broad SMARTS) is 3. The standard InChI is InChI=1S/C22H44O2.C20H40O2.C7H6O2.Al/c1-2-3-4-5-6-7-8-9-10-11-12-13-14-15-16-17-18-19-20-21-22(23)24;1-2-3-4-5-6-7-8-9-10-11-12-13-14-15-16-17-18-19-20(21)22;8-7(9)6-4-2-1-3-5-6;/h2-21H2,1H3,(H,23,24);2-19H2,1H3,(H,21,22);1-5H,(H,8,9);/q;;;+3/p-3. The quantitative estimate of drug-likeness (QED) is 0.0483. The van der Waals surface area contributed by atoms with Crippen molar-refractivity contribution < 1.29 is 29.7 Å². The largest absolute Gasteiger partial charge is 3.00 e. The number of carboxylic acids is 3. The molecule has 0 saturated heterocycles. The fourth-order valence-electron chi connectivity index (χ4n) is 6.92. The van der Waals surface area contributed by atoms with Crippen molar-refractivity contribution in [3.63, 3.8) is 0 Å². The maximum atomic E-state index is 10.3. The average molecular weight is 799 g/mol. The molecule has 1 aromatic carbocycles. The number of benzene rings is 1. The summed E-state index contributed by atoms with van der Waals surface area (Å²) in [6, 6.07) is 8.06. The first-order chi connectivity index (χ1) is 26.8. The maximum absolute atomic E-state index is 10.3. The number of rotatable bonds is 39. The van der Waals surface area contributed by atoms with E-state index in [0.717, 1.165) is 25.7 Å². The molecule has 0 aliphatic rings. The number of aliphatic carboxylic acids is 2. The van der Waals surface area contributed by atoms with Gasteiger partial charge in [-0.2, -0.15) is 0 Å². The van der Waals surface area contributed by atoms with Crippen LogP contribution in [-0.4, -0.2) is 35.3 Å². The van der Waals surface area contributed by atoms with Crippen LogP contribution in [0.3, 0.4) is 0 Å². The van der Waals surface area contributed by atoms with Gasteiger partial charge in [-0.3, -0.25) is 0 Å². The zero-order valence-electron chi connectivity index (χ0n) is 36.8. The van der Waals surface area contributed by atoms with Crippen molar-refractivity contribution in [3.8, 4) is 0 Å². The Balaban J connectivity index is -0.000000810. The predicted molar refractivity (Wildman–Crippen MR) is 233 cm³/mol. The molecule has 0 bridgehead atoms. The number of unbranched alkanes of at least 4 members (excludes halogenated alkanes) is 34. The molecule has 0 aliphatic heterocycles. The molecule has 0 saturated carbocycles. The minimum absolute atomic E-state index is 0. The molecule has 0 radical (unpaired) electrons. The number of hydrogen-bond acceptors (Lipinski definition) is 6. The molecule has 7 heteroatoms. The van der Waals surface area contributed by atoms with Gasteiger partial charge in [0.1, 0.15) is 0 Å². The van der Waals surface area contributed by atoms with Crippen LogP contribution in [0.25, 0.3) is 0 Å². The summed E-state index contributed by atoms with van der Waals surface area (Å²) in [5, 5.41) is 30.6. The Bertz CT molecular complexity index is 924. The summed E-state index contributed by atoms with van der Waals surface area (Å²) < 4.78 is 0. The van der Waals surface area contributed by atoms with E-state index in [2.05, 4.69) is 13.8 Å². The number of carbonyl (C=O) groups excluding carboxylic acids is 3. The van der Waals surface area contributed by atoms with Gasteiger partial charge in [-0.25, -0.2) is 0 Å². The first kappa shape index (κ1) is 58.5. The molecule has 0 atom stereocenters. The van der Waals surface area contributed by atoms with Gasteiger partial charge in [0, 0.05) is 11.9 Å². The molecule has 0 spiro atoms. The van der Waals surface area contributed by atoms with E-state index < -0.39 is 17.9 Å². The molecule has 0 unspecified atom stereocenters. The predicted octanol–water partition coefficient (Wildman–Crippen LogP) is 12.0. The van der Waals surface area contributed by atoms with Crippen LogP contribution in [0.2, 0.25) is 0 Å². The van der Waals surface area contributed by atoms with Gasteiger partial charge in [0.15, 0.2) is 0 Å². The van der Waals surface area contributed by atoms with Crippen LogP contribution in [0.1, 0.15) is 268 Å². The summed E-state index contributed by atoms with van der Waals surface area (Å²) in [4.78, 5) is 30.6. The number of aromatic carboxylic acids is 1. The normalized spacial score (nSPS) is 10.5. The molecule has 0 heterocycles. The molecular formula is C49H87AlO6. The van der Waals surface area contributed by atoms with E-state index in [0.29, 0.717) is 0 Å². The first-order valence-electron chi connectivity index (χ1n) is 23.5. The Morgan fingerprint density at radius 3 is 0.696 bits per heavy atom. The van der Waals surface area contributed by atoms with Crippen LogP contribution in [0.5, 0.6) is 0 Å². The van der Waals surface area contributed by atoms with Crippen LogP contribution >= 0.6 is 0 Å². The summed E-state index contributed by atoms with van der Waals surface area (Å²) in [5.41, 5.74) is 0.220. The van der Waals surface area contributed by atoms with Gasteiger partial charge in [-0.15, -0.1) is 0 Å². The molecule has 1 aromatic rings. The molecule has 56 heavy (non-hydrogen) atoms. The van der Waals surface area contributed by atoms with Crippen LogP contribution in [0.15, 0.2) is 30.3 Å². The second-order valence-electron chi connectivity index (χ2n) is 15.9. The topological polar surface area (TPSA) is 120 Å². The van der Waals surface area contributed by atoms with E-state index in [9.17, 15) is 29.7 Å². The van der Waals surface area contributed by atoms with Crippen molar-refractivity contribution in [3.05, 3.63) is 35.9 Å². The van der Waals surface area contributed by atoms with E-state index in [-0.39, 0.29) is 35.8 Å². The van der Waals surface area contributed by atoms with Gasteiger partial charge in [-0.05, 0) is 31.2 Å². The van der Waals surface area contributed by atoms with Crippen molar-refractivity contribution in [1.82, 2.24) is 0 Å². The minimum atomic E-state index is -1.13. The second-order valence-corrected chi connectivity index (χ2v) is 15.9. The van der Waals surface area contributed by atoms with Crippen molar-refractivity contribution in [2.45, 2.75) is 258 Å². The summed E-state index contributed by atoms with van der Waals surface area (Å²) in [7, 11) is 0.